The van der Waals surface area contributed by atoms with Gasteiger partial charge in [0.1, 0.15) is 6.61 Å². The normalized spacial score (nSPS) is 9.14. The predicted octanol–water partition coefficient (Wildman–Crippen LogP) is 2.23. The van der Waals surface area contributed by atoms with Crippen molar-refractivity contribution in [2.45, 2.75) is 0 Å². The first-order valence-corrected chi connectivity index (χ1v) is 4.35. The zero-order valence-corrected chi connectivity index (χ0v) is 7.90. The SMILES string of the molecule is C=C=CCOCC(=O)c1ccccc1. The summed E-state index contributed by atoms with van der Waals surface area (Å²) in [6.07, 6.45) is 1.64. The van der Waals surface area contributed by atoms with E-state index in [0.717, 1.165) is 0 Å². The Labute approximate surface area is 83.5 Å². The van der Waals surface area contributed by atoms with Crippen LogP contribution in [0.5, 0.6) is 0 Å². The van der Waals surface area contributed by atoms with Gasteiger partial charge in [0.15, 0.2) is 5.78 Å². The van der Waals surface area contributed by atoms with Gasteiger partial charge in [-0.2, -0.15) is 0 Å². The van der Waals surface area contributed by atoms with Crippen LogP contribution in [0.25, 0.3) is 0 Å². The minimum Gasteiger partial charge on any atom is -0.369 e. The summed E-state index contributed by atoms with van der Waals surface area (Å²) in [6.45, 7) is 3.87. The molecule has 0 atom stereocenters. The first kappa shape index (κ1) is 10.5. The van der Waals surface area contributed by atoms with Gasteiger partial charge in [0.05, 0.1) is 6.61 Å². The Kier molecular flexibility index (Phi) is 4.42. The Morgan fingerprint density at radius 1 is 1.43 bits per heavy atom. The van der Waals surface area contributed by atoms with Crippen LogP contribution >= 0.6 is 0 Å². The van der Waals surface area contributed by atoms with Crippen LogP contribution < -0.4 is 0 Å². The van der Waals surface area contributed by atoms with Crippen LogP contribution in [-0.2, 0) is 4.74 Å². The molecule has 1 rings (SSSR count). The molecule has 0 aliphatic carbocycles. The second kappa shape index (κ2) is 5.92. The highest BCUT2D eigenvalue weighted by Gasteiger charge is 2.03. The van der Waals surface area contributed by atoms with E-state index in [1.807, 2.05) is 18.2 Å². The number of hydrogen-bond donors (Lipinski definition) is 0. The third-order valence-electron chi connectivity index (χ3n) is 1.67. The Bertz CT molecular complexity index is 335. The molecule has 0 aromatic heterocycles. The summed E-state index contributed by atoms with van der Waals surface area (Å²) in [6, 6.07) is 9.08. The van der Waals surface area contributed by atoms with E-state index in [4.69, 9.17) is 4.74 Å². The van der Waals surface area contributed by atoms with E-state index in [9.17, 15) is 4.79 Å². The summed E-state index contributed by atoms with van der Waals surface area (Å²) in [4.78, 5) is 11.4. The van der Waals surface area contributed by atoms with Crippen molar-refractivity contribution in [1.82, 2.24) is 0 Å². The van der Waals surface area contributed by atoms with Gasteiger partial charge >= 0.3 is 0 Å². The van der Waals surface area contributed by atoms with Crippen molar-refractivity contribution in [1.29, 1.82) is 0 Å². The van der Waals surface area contributed by atoms with Crippen LogP contribution in [0, 0.1) is 0 Å². The summed E-state index contributed by atoms with van der Waals surface area (Å²) < 4.78 is 5.08. The summed E-state index contributed by atoms with van der Waals surface area (Å²) in [5.74, 6) is -0.0111. The minimum atomic E-state index is -0.0111. The van der Waals surface area contributed by atoms with Crippen molar-refractivity contribution < 1.29 is 9.53 Å². The molecule has 0 amide bonds. The van der Waals surface area contributed by atoms with Gasteiger partial charge in [-0.25, -0.2) is 0 Å². The number of Topliss-reactive ketones (excluding diaryl/α,β-unsaturated/α-hetero) is 1. The third-order valence-corrected chi connectivity index (χ3v) is 1.67. The molecule has 1 aromatic carbocycles. The Morgan fingerprint density at radius 3 is 2.79 bits per heavy atom. The zero-order chi connectivity index (χ0) is 10.2. The van der Waals surface area contributed by atoms with Gasteiger partial charge in [0, 0.05) is 5.56 Å². The molecule has 1 aromatic rings. The third kappa shape index (κ3) is 3.40. The van der Waals surface area contributed by atoms with Gasteiger partial charge in [-0.15, -0.1) is 5.73 Å². The zero-order valence-electron chi connectivity index (χ0n) is 7.90. The van der Waals surface area contributed by atoms with E-state index in [2.05, 4.69) is 12.3 Å². The van der Waals surface area contributed by atoms with Gasteiger partial charge in [-0.3, -0.25) is 4.79 Å². The Balaban J connectivity index is 2.40. The average molecular weight is 188 g/mol. The van der Waals surface area contributed by atoms with Crippen LogP contribution in [-0.4, -0.2) is 19.0 Å². The minimum absolute atomic E-state index is 0.0111. The molecule has 0 aliphatic rings. The number of benzene rings is 1. The standard InChI is InChI=1S/C12H12O2/c1-2-3-9-14-10-12(13)11-7-5-4-6-8-11/h3-8H,1,9-10H2. The summed E-state index contributed by atoms with van der Waals surface area (Å²) in [5, 5.41) is 0. The lowest BCUT2D eigenvalue weighted by Crippen LogP contribution is -2.08. The molecule has 0 saturated heterocycles. The molecule has 0 aliphatic heterocycles. The molecule has 0 radical (unpaired) electrons. The van der Waals surface area contributed by atoms with Gasteiger partial charge in [0.25, 0.3) is 0 Å². The molecular weight excluding hydrogens is 176 g/mol. The van der Waals surface area contributed by atoms with Crippen LogP contribution in [0.15, 0.2) is 48.7 Å². The van der Waals surface area contributed by atoms with Crippen molar-refractivity contribution >= 4 is 5.78 Å². The highest BCUT2D eigenvalue weighted by atomic mass is 16.5. The highest BCUT2D eigenvalue weighted by Crippen LogP contribution is 1.99. The molecule has 2 heteroatoms. The number of carbonyl (C=O) groups excluding carboxylic acids is 1. The maximum atomic E-state index is 11.4. The van der Waals surface area contributed by atoms with Gasteiger partial charge in [-0.05, 0) is 6.08 Å². The lowest BCUT2D eigenvalue weighted by Gasteiger charge is -1.99. The fourth-order valence-electron chi connectivity index (χ4n) is 0.977. The van der Waals surface area contributed by atoms with E-state index in [-0.39, 0.29) is 12.4 Å². The molecule has 2 nitrogen and oxygen atoms in total. The largest absolute Gasteiger partial charge is 0.369 e. The molecule has 0 fully saturated rings. The van der Waals surface area contributed by atoms with Crippen LogP contribution in [0.1, 0.15) is 10.4 Å². The molecule has 0 unspecified atom stereocenters. The van der Waals surface area contributed by atoms with E-state index in [1.165, 1.54) is 0 Å². The lowest BCUT2D eigenvalue weighted by atomic mass is 10.1. The quantitative estimate of drug-likeness (QED) is 0.402. The maximum Gasteiger partial charge on any atom is 0.188 e. The van der Waals surface area contributed by atoms with Gasteiger partial charge < -0.3 is 4.74 Å². The van der Waals surface area contributed by atoms with Gasteiger partial charge in [0.2, 0.25) is 0 Å². The molecule has 0 heterocycles. The van der Waals surface area contributed by atoms with E-state index in [0.29, 0.717) is 12.2 Å². The fourth-order valence-corrected chi connectivity index (χ4v) is 0.977. The number of carbonyl (C=O) groups is 1. The molecule has 0 spiro atoms. The number of rotatable bonds is 5. The molecule has 0 saturated carbocycles. The van der Waals surface area contributed by atoms with Crippen molar-refractivity contribution in [3.05, 3.63) is 54.3 Å². The van der Waals surface area contributed by atoms with Crippen molar-refractivity contribution in [2.24, 2.45) is 0 Å². The van der Waals surface area contributed by atoms with E-state index < -0.39 is 0 Å². The smallest absolute Gasteiger partial charge is 0.188 e. The second-order valence-electron chi connectivity index (χ2n) is 2.71. The summed E-state index contributed by atoms with van der Waals surface area (Å²) in [5.41, 5.74) is 3.25. The molecule has 0 bridgehead atoms. The van der Waals surface area contributed by atoms with Crippen LogP contribution in [0.2, 0.25) is 0 Å². The summed E-state index contributed by atoms with van der Waals surface area (Å²) in [7, 11) is 0. The molecule has 14 heavy (non-hydrogen) atoms. The second-order valence-corrected chi connectivity index (χ2v) is 2.71. The number of ketones is 1. The Hall–Kier alpha value is -1.63. The molecule has 72 valence electrons. The van der Waals surface area contributed by atoms with Gasteiger partial charge in [-0.1, -0.05) is 36.9 Å². The average Bonchev–Trinajstić information content (AvgIpc) is 2.25. The highest BCUT2D eigenvalue weighted by molar-refractivity contribution is 5.96. The Morgan fingerprint density at radius 2 is 2.14 bits per heavy atom. The summed E-state index contributed by atoms with van der Waals surface area (Å²) >= 11 is 0. The lowest BCUT2D eigenvalue weighted by molar-refractivity contribution is 0.0806. The maximum absolute atomic E-state index is 11.4. The number of hydrogen-bond acceptors (Lipinski definition) is 2. The first-order valence-electron chi connectivity index (χ1n) is 4.35. The first-order chi connectivity index (χ1) is 6.84. The predicted molar refractivity (Wildman–Crippen MR) is 55.3 cm³/mol. The fraction of sp³-hybridized carbons (Fsp3) is 0.167. The van der Waals surface area contributed by atoms with Crippen LogP contribution in [0.4, 0.5) is 0 Å². The topological polar surface area (TPSA) is 26.3 Å². The van der Waals surface area contributed by atoms with E-state index in [1.54, 1.807) is 18.2 Å². The number of ether oxygens (including phenoxy) is 1. The monoisotopic (exact) mass is 188 g/mol. The molecular formula is C12H12O2. The van der Waals surface area contributed by atoms with E-state index >= 15 is 0 Å². The van der Waals surface area contributed by atoms with Crippen LogP contribution in [0.3, 0.4) is 0 Å². The van der Waals surface area contributed by atoms with Crippen molar-refractivity contribution in [3.63, 3.8) is 0 Å². The van der Waals surface area contributed by atoms with Crippen molar-refractivity contribution in [3.8, 4) is 0 Å². The molecule has 0 N–H and O–H groups in total. The van der Waals surface area contributed by atoms with Crippen molar-refractivity contribution in [2.75, 3.05) is 13.2 Å².